The van der Waals surface area contributed by atoms with Crippen LogP contribution in [-0.4, -0.2) is 52.4 Å². The van der Waals surface area contributed by atoms with Crippen molar-refractivity contribution < 1.29 is 27.8 Å². The first-order valence-electron chi connectivity index (χ1n) is 7.40. The second-order valence-electron chi connectivity index (χ2n) is 6.22. The molecule has 1 aliphatic heterocycles. The van der Waals surface area contributed by atoms with E-state index in [9.17, 15) is 23.1 Å². The SMILES string of the molecule is CC(C)COc1ncc(C(=O)N2CCC(O)(C(F)(F)F)C2)cc1Cl. The quantitative estimate of drug-likeness (QED) is 0.890. The Labute approximate surface area is 142 Å². The molecule has 1 aromatic rings. The van der Waals surface area contributed by atoms with Crippen molar-refractivity contribution in [1.29, 1.82) is 0 Å². The number of ether oxygens (including phenoxy) is 1. The summed E-state index contributed by atoms with van der Waals surface area (Å²) in [7, 11) is 0. The van der Waals surface area contributed by atoms with Crippen molar-refractivity contribution in [1.82, 2.24) is 9.88 Å². The predicted molar refractivity (Wildman–Crippen MR) is 81.1 cm³/mol. The molecule has 134 valence electrons. The fourth-order valence-corrected chi connectivity index (χ4v) is 2.50. The van der Waals surface area contributed by atoms with Gasteiger partial charge in [0, 0.05) is 19.2 Å². The summed E-state index contributed by atoms with van der Waals surface area (Å²) in [5.74, 6) is -0.246. The summed E-state index contributed by atoms with van der Waals surface area (Å²) in [5.41, 5.74) is -2.83. The molecule has 24 heavy (non-hydrogen) atoms. The van der Waals surface area contributed by atoms with Gasteiger partial charge in [0.15, 0.2) is 5.60 Å². The fourth-order valence-electron chi connectivity index (χ4n) is 2.28. The van der Waals surface area contributed by atoms with Crippen LogP contribution in [0.2, 0.25) is 5.02 Å². The van der Waals surface area contributed by atoms with Crippen molar-refractivity contribution in [3.05, 3.63) is 22.8 Å². The number of aliphatic hydroxyl groups is 1. The van der Waals surface area contributed by atoms with Gasteiger partial charge in [0.2, 0.25) is 5.88 Å². The van der Waals surface area contributed by atoms with Crippen molar-refractivity contribution in [2.24, 2.45) is 5.92 Å². The molecular formula is C15H18ClF3N2O3. The van der Waals surface area contributed by atoms with Gasteiger partial charge in [-0.3, -0.25) is 4.79 Å². The first-order chi connectivity index (χ1) is 11.0. The molecule has 1 atom stereocenters. The van der Waals surface area contributed by atoms with Crippen LogP contribution in [0.25, 0.3) is 0 Å². The molecule has 1 amide bonds. The zero-order valence-electron chi connectivity index (χ0n) is 13.2. The average Bonchev–Trinajstić information content (AvgIpc) is 2.88. The summed E-state index contributed by atoms with van der Waals surface area (Å²) in [4.78, 5) is 17.2. The molecule has 1 aromatic heterocycles. The van der Waals surface area contributed by atoms with E-state index < -0.39 is 30.7 Å². The molecule has 2 heterocycles. The van der Waals surface area contributed by atoms with Gasteiger partial charge in [-0.2, -0.15) is 13.2 Å². The second-order valence-corrected chi connectivity index (χ2v) is 6.63. The Kier molecular flexibility index (Phi) is 5.29. The molecular weight excluding hydrogens is 349 g/mol. The molecule has 1 saturated heterocycles. The third kappa shape index (κ3) is 3.92. The van der Waals surface area contributed by atoms with Crippen LogP contribution in [0.1, 0.15) is 30.6 Å². The van der Waals surface area contributed by atoms with Crippen molar-refractivity contribution in [3.8, 4) is 5.88 Å². The van der Waals surface area contributed by atoms with Gasteiger partial charge in [0.25, 0.3) is 5.91 Å². The van der Waals surface area contributed by atoms with Crippen LogP contribution < -0.4 is 4.74 Å². The van der Waals surface area contributed by atoms with Gasteiger partial charge < -0.3 is 14.7 Å². The number of rotatable bonds is 4. The number of amides is 1. The van der Waals surface area contributed by atoms with Crippen LogP contribution in [0, 0.1) is 5.92 Å². The van der Waals surface area contributed by atoms with Crippen molar-refractivity contribution in [2.75, 3.05) is 19.7 Å². The van der Waals surface area contributed by atoms with E-state index in [4.69, 9.17) is 16.3 Å². The lowest BCUT2D eigenvalue weighted by Crippen LogP contribution is -2.48. The molecule has 0 aliphatic carbocycles. The fraction of sp³-hybridized carbons (Fsp3) is 0.600. The first-order valence-corrected chi connectivity index (χ1v) is 7.78. The molecule has 1 N–H and O–H groups in total. The highest BCUT2D eigenvalue weighted by atomic mass is 35.5. The van der Waals surface area contributed by atoms with Gasteiger partial charge >= 0.3 is 6.18 Å². The lowest BCUT2D eigenvalue weighted by Gasteiger charge is -2.25. The van der Waals surface area contributed by atoms with Gasteiger partial charge in [-0.25, -0.2) is 4.98 Å². The number of likely N-dealkylation sites (tertiary alicyclic amines) is 1. The highest BCUT2D eigenvalue weighted by Crippen LogP contribution is 2.38. The number of halogens is 4. The van der Waals surface area contributed by atoms with Crippen LogP contribution >= 0.6 is 11.6 Å². The summed E-state index contributed by atoms with van der Waals surface area (Å²) in [6.07, 6.45) is -4.14. The molecule has 0 aromatic carbocycles. The monoisotopic (exact) mass is 366 g/mol. The zero-order valence-corrected chi connectivity index (χ0v) is 14.0. The summed E-state index contributed by atoms with van der Waals surface area (Å²) in [6, 6.07) is 1.30. The molecule has 0 radical (unpaired) electrons. The molecule has 2 rings (SSSR count). The number of nitrogens with zero attached hydrogens (tertiary/aromatic N) is 2. The number of aromatic nitrogens is 1. The third-order valence-electron chi connectivity index (χ3n) is 3.67. The van der Waals surface area contributed by atoms with E-state index in [0.717, 1.165) is 4.90 Å². The smallest absolute Gasteiger partial charge is 0.419 e. The second kappa shape index (κ2) is 6.76. The molecule has 0 bridgehead atoms. The summed E-state index contributed by atoms with van der Waals surface area (Å²) in [6.45, 7) is 3.28. The minimum Gasteiger partial charge on any atom is -0.476 e. The third-order valence-corrected chi connectivity index (χ3v) is 3.94. The van der Waals surface area contributed by atoms with Gasteiger partial charge in [0.05, 0.1) is 18.7 Å². The highest BCUT2D eigenvalue weighted by Gasteiger charge is 2.57. The average molecular weight is 367 g/mol. The zero-order chi connectivity index (χ0) is 18.1. The van der Waals surface area contributed by atoms with Gasteiger partial charge in [-0.1, -0.05) is 25.4 Å². The Morgan fingerprint density at radius 3 is 2.71 bits per heavy atom. The van der Waals surface area contributed by atoms with E-state index in [0.29, 0.717) is 6.61 Å². The number of hydrogen-bond donors (Lipinski definition) is 1. The topological polar surface area (TPSA) is 62.7 Å². The van der Waals surface area contributed by atoms with Gasteiger partial charge in [-0.15, -0.1) is 0 Å². The number of hydrogen-bond acceptors (Lipinski definition) is 4. The van der Waals surface area contributed by atoms with E-state index in [2.05, 4.69) is 4.98 Å². The van der Waals surface area contributed by atoms with Crippen LogP contribution in [-0.2, 0) is 0 Å². The molecule has 0 saturated carbocycles. The first kappa shape index (κ1) is 18.8. The molecule has 1 unspecified atom stereocenters. The Morgan fingerprint density at radius 1 is 1.54 bits per heavy atom. The minimum atomic E-state index is -4.79. The number of β-amino-alcohol motifs (C(OH)–C–C–N with tert-alkyl or cyclic N) is 1. The van der Waals surface area contributed by atoms with E-state index in [1.165, 1.54) is 12.3 Å². The number of carbonyl (C=O) groups excluding carboxylic acids is 1. The molecule has 0 spiro atoms. The van der Waals surface area contributed by atoms with Crippen LogP contribution in [0.3, 0.4) is 0 Å². The maximum Gasteiger partial charge on any atom is 0.419 e. The van der Waals surface area contributed by atoms with Gasteiger partial charge in [-0.05, 0) is 12.0 Å². The number of carbonyl (C=O) groups is 1. The largest absolute Gasteiger partial charge is 0.476 e. The standard InChI is InChI=1S/C15H18ClF3N2O3/c1-9(2)7-24-12-11(16)5-10(6-20-12)13(22)21-4-3-14(23,8-21)15(17,18)19/h5-6,9,23H,3-4,7-8H2,1-2H3. The lowest BCUT2D eigenvalue weighted by atomic mass is 10.0. The van der Waals surface area contributed by atoms with E-state index in [1.807, 2.05) is 13.8 Å². The van der Waals surface area contributed by atoms with Gasteiger partial charge in [0.1, 0.15) is 5.02 Å². The predicted octanol–water partition coefficient (Wildman–Crippen LogP) is 2.91. The number of alkyl halides is 3. The van der Waals surface area contributed by atoms with E-state index in [-0.39, 0.29) is 28.9 Å². The van der Waals surface area contributed by atoms with Crippen molar-refractivity contribution in [2.45, 2.75) is 32.0 Å². The Balaban J connectivity index is 2.10. The molecule has 1 aliphatic rings. The van der Waals surface area contributed by atoms with Crippen molar-refractivity contribution >= 4 is 17.5 Å². The summed E-state index contributed by atoms with van der Waals surface area (Å²) in [5, 5.41) is 9.74. The Hall–Kier alpha value is -1.54. The molecule has 1 fully saturated rings. The van der Waals surface area contributed by atoms with E-state index in [1.54, 1.807) is 0 Å². The summed E-state index contributed by atoms with van der Waals surface area (Å²) < 4.78 is 43.8. The van der Waals surface area contributed by atoms with Crippen LogP contribution in [0.5, 0.6) is 5.88 Å². The van der Waals surface area contributed by atoms with Crippen LogP contribution in [0.4, 0.5) is 13.2 Å². The maximum absolute atomic E-state index is 12.8. The van der Waals surface area contributed by atoms with Crippen molar-refractivity contribution in [3.63, 3.8) is 0 Å². The molecule has 9 heteroatoms. The normalized spacial score (nSPS) is 21.4. The Morgan fingerprint density at radius 2 is 2.21 bits per heavy atom. The van der Waals surface area contributed by atoms with E-state index >= 15 is 0 Å². The highest BCUT2D eigenvalue weighted by molar-refractivity contribution is 6.32. The summed E-state index contributed by atoms with van der Waals surface area (Å²) >= 11 is 6.00. The Bertz CT molecular complexity index is 624. The minimum absolute atomic E-state index is 0.0447. The molecule has 5 nitrogen and oxygen atoms in total. The lowest BCUT2D eigenvalue weighted by molar-refractivity contribution is -0.253. The van der Waals surface area contributed by atoms with Crippen LogP contribution in [0.15, 0.2) is 12.3 Å². The number of pyridine rings is 1. The maximum atomic E-state index is 12.8.